The predicted octanol–water partition coefficient (Wildman–Crippen LogP) is 2.49. The molecule has 0 saturated heterocycles. The number of furan rings is 1. The van der Waals surface area contributed by atoms with Crippen molar-refractivity contribution in [2.75, 3.05) is 6.54 Å². The maximum atomic E-state index is 12.4. The fourth-order valence-corrected chi connectivity index (χ4v) is 3.79. The monoisotopic (exact) mass is 314 g/mol. The van der Waals surface area contributed by atoms with E-state index in [2.05, 4.69) is 23.9 Å². The largest absolute Gasteiger partial charge is 0.447 e. The van der Waals surface area contributed by atoms with Gasteiger partial charge in [0.15, 0.2) is 0 Å². The molecule has 1 heterocycles. The zero-order chi connectivity index (χ0) is 15.7. The third kappa shape index (κ3) is 4.56. The van der Waals surface area contributed by atoms with Crippen molar-refractivity contribution in [3.63, 3.8) is 0 Å². The van der Waals surface area contributed by atoms with Gasteiger partial charge in [-0.05, 0) is 57.2 Å². The number of rotatable bonds is 8. The molecular weight excluding hydrogens is 288 g/mol. The Bertz CT molecular complexity index is 571. The molecule has 0 spiro atoms. The molecule has 0 bridgehead atoms. The molecule has 0 unspecified atom stereocenters. The van der Waals surface area contributed by atoms with E-state index in [0.29, 0.717) is 24.1 Å². The van der Waals surface area contributed by atoms with Crippen LogP contribution in [0, 0.1) is 11.8 Å². The predicted molar refractivity (Wildman–Crippen MR) is 82.4 cm³/mol. The minimum absolute atomic E-state index is 0.00225. The summed E-state index contributed by atoms with van der Waals surface area (Å²) in [6, 6.07) is 3.24. The molecule has 1 fully saturated rings. The van der Waals surface area contributed by atoms with E-state index in [4.69, 9.17) is 4.42 Å². The van der Waals surface area contributed by atoms with Gasteiger partial charge in [0, 0.05) is 5.54 Å². The highest BCUT2D eigenvalue weighted by Gasteiger charge is 2.41. The summed E-state index contributed by atoms with van der Waals surface area (Å²) in [5.74, 6) is 1.61. The Morgan fingerprint density at radius 1 is 1.33 bits per heavy atom. The zero-order valence-electron chi connectivity index (χ0n) is 13.3. The normalized spacial score (nSPS) is 16.6. The van der Waals surface area contributed by atoms with Crippen LogP contribution >= 0.6 is 0 Å². The molecule has 2 N–H and O–H groups in total. The Hall–Kier alpha value is -0.850. The molecule has 21 heavy (non-hydrogen) atoms. The third-order valence-electron chi connectivity index (χ3n) is 3.75. The van der Waals surface area contributed by atoms with E-state index in [0.717, 1.165) is 19.4 Å². The zero-order valence-corrected chi connectivity index (χ0v) is 14.1. The SMILES string of the molecule is CC(C)CNCc1ccc(S(=O)(=O)NC(C)(C)C2CC2)o1. The first kappa shape index (κ1) is 16.5. The topological polar surface area (TPSA) is 71.3 Å². The maximum Gasteiger partial charge on any atom is 0.274 e. The smallest absolute Gasteiger partial charge is 0.274 e. The van der Waals surface area contributed by atoms with Gasteiger partial charge in [-0.15, -0.1) is 0 Å². The first-order valence-electron chi connectivity index (χ1n) is 7.54. The van der Waals surface area contributed by atoms with Gasteiger partial charge in [0.2, 0.25) is 5.09 Å². The van der Waals surface area contributed by atoms with Crippen molar-refractivity contribution >= 4 is 10.0 Å². The Morgan fingerprint density at radius 3 is 2.57 bits per heavy atom. The molecule has 0 aliphatic heterocycles. The van der Waals surface area contributed by atoms with E-state index >= 15 is 0 Å². The van der Waals surface area contributed by atoms with Crippen molar-refractivity contribution in [3.8, 4) is 0 Å². The molecule has 0 radical (unpaired) electrons. The summed E-state index contributed by atoms with van der Waals surface area (Å²) < 4.78 is 32.9. The Labute approximate surface area is 127 Å². The van der Waals surface area contributed by atoms with Gasteiger partial charge in [-0.2, -0.15) is 0 Å². The van der Waals surface area contributed by atoms with Crippen LogP contribution in [0.25, 0.3) is 0 Å². The molecule has 5 nitrogen and oxygen atoms in total. The summed E-state index contributed by atoms with van der Waals surface area (Å²) in [6.07, 6.45) is 2.16. The standard InChI is InChI=1S/C15H26N2O3S/c1-11(2)9-16-10-13-7-8-14(20-13)21(18,19)17-15(3,4)12-5-6-12/h7-8,11-12,16-17H,5-6,9-10H2,1-4H3. The lowest BCUT2D eigenvalue weighted by molar-refractivity contribution is 0.370. The molecule has 0 atom stereocenters. The second-order valence-corrected chi connectivity index (χ2v) is 8.46. The van der Waals surface area contributed by atoms with E-state index in [-0.39, 0.29) is 5.09 Å². The van der Waals surface area contributed by atoms with Gasteiger partial charge in [0.1, 0.15) is 5.76 Å². The molecule has 1 aliphatic carbocycles. The fourth-order valence-electron chi connectivity index (χ4n) is 2.37. The van der Waals surface area contributed by atoms with E-state index < -0.39 is 15.6 Å². The average Bonchev–Trinajstić information content (AvgIpc) is 3.09. The molecule has 2 rings (SSSR count). The van der Waals surface area contributed by atoms with Gasteiger partial charge in [0.25, 0.3) is 10.0 Å². The number of nitrogens with one attached hydrogen (secondary N) is 2. The quantitative estimate of drug-likeness (QED) is 0.773. The van der Waals surface area contributed by atoms with Crippen LogP contribution in [0.15, 0.2) is 21.6 Å². The summed E-state index contributed by atoms with van der Waals surface area (Å²) in [4.78, 5) is 0. The van der Waals surface area contributed by atoms with Crippen LogP contribution in [-0.4, -0.2) is 20.5 Å². The lowest BCUT2D eigenvalue weighted by atomic mass is 10.0. The Balaban J connectivity index is 1.98. The van der Waals surface area contributed by atoms with Gasteiger partial charge in [0.05, 0.1) is 6.54 Å². The van der Waals surface area contributed by atoms with Crippen LogP contribution in [0.4, 0.5) is 0 Å². The summed E-state index contributed by atoms with van der Waals surface area (Å²) in [5, 5.41) is 3.23. The van der Waals surface area contributed by atoms with E-state index in [1.54, 1.807) is 6.07 Å². The molecule has 0 amide bonds. The second kappa shape index (κ2) is 6.10. The average molecular weight is 314 g/mol. The first-order chi connectivity index (χ1) is 9.71. The molecule has 0 aromatic carbocycles. The van der Waals surface area contributed by atoms with Crippen molar-refractivity contribution in [1.82, 2.24) is 10.0 Å². The minimum atomic E-state index is -3.59. The van der Waals surface area contributed by atoms with E-state index in [9.17, 15) is 8.42 Å². The van der Waals surface area contributed by atoms with Gasteiger partial charge < -0.3 is 9.73 Å². The van der Waals surface area contributed by atoms with Crippen LogP contribution in [0.3, 0.4) is 0 Å². The molecule has 1 aliphatic rings. The highest BCUT2D eigenvalue weighted by molar-refractivity contribution is 7.89. The lowest BCUT2D eigenvalue weighted by Gasteiger charge is -2.24. The van der Waals surface area contributed by atoms with Crippen molar-refractivity contribution in [2.45, 2.75) is 57.7 Å². The third-order valence-corrected chi connectivity index (χ3v) is 5.29. The summed E-state index contributed by atoms with van der Waals surface area (Å²) >= 11 is 0. The van der Waals surface area contributed by atoms with Gasteiger partial charge in [-0.25, -0.2) is 13.1 Å². The van der Waals surface area contributed by atoms with Gasteiger partial charge >= 0.3 is 0 Å². The van der Waals surface area contributed by atoms with Crippen LogP contribution < -0.4 is 10.0 Å². The van der Waals surface area contributed by atoms with Crippen LogP contribution in [0.1, 0.15) is 46.3 Å². The lowest BCUT2D eigenvalue weighted by Crippen LogP contribution is -2.44. The number of sulfonamides is 1. The summed E-state index contributed by atoms with van der Waals surface area (Å²) in [5.41, 5.74) is -0.415. The molecule has 120 valence electrons. The fraction of sp³-hybridized carbons (Fsp3) is 0.733. The van der Waals surface area contributed by atoms with Crippen molar-refractivity contribution < 1.29 is 12.8 Å². The number of hydrogen-bond donors (Lipinski definition) is 2. The van der Waals surface area contributed by atoms with E-state index in [1.807, 2.05) is 13.8 Å². The molecule has 1 aromatic rings. The highest BCUT2D eigenvalue weighted by atomic mass is 32.2. The second-order valence-electron chi connectivity index (χ2n) is 6.85. The van der Waals surface area contributed by atoms with Crippen molar-refractivity contribution in [1.29, 1.82) is 0 Å². The Kier molecular flexibility index (Phi) is 4.80. The van der Waals surface area contributed by atoms with Crippen LogP contribution in [0.2, 0.25) is 0 Å². The summed E-state index contributed by atoms with van der Waals surface area (Å²) in [6.45, 7) is 9.51. The molecular formula is C15H26N2O3S. The van der Waals surface area contributed by atoms with Crippen molar-refractivity contribution in [2.24, 2.45) is 11.8 Å². The number of hydrogen-bond acceptors (Lipinski definition) is 4. The first-order valence-corrected chi connectivity index (χ1v) is 9.02. The highest BCUT2D eigenvalue weighted by Crippen LogP contribution is 2.39. The molecule has 1 saturated carbocycles. The minimum Gasteiger partial charge on any atom is -0.447 e. The maximum absolute atomic E-state index is 12.4. The Morgan fingerprint density at radius 2 is 2.00 bits per heavy atom. The van der Waals surface area contributed by atoms with Gasteiger partial charge in [-0.1, -0.05) is 13.8 Å². The van der Waals surface area contributed by atoms with Gasteiger partial charge in [-0.3, -0.25) is 0 Å². The molecule has 1 aromatic heterocycles. The summed E-state index contributed by atoms with van der Waals surface area (Å²) in [7, 11) is -3.59. The van der Waals surface area contributed by atoms with Crippen LogP contribution in [-0.2, 0) is 16.6 Å². The van der Waals surface area contributed by atoms with E-state index in [1.165, 1.54) is 6.07 Å². The molecule has 6 heteroatoms. The van der Waals surface area contributed by atoms with Crippen LogP contribution in [0.5, 0.6) is 0 Å². The van der Waals surface area contributed by atoms with Crippen molar-refractivity contribution in [3.05, 3.63) is 17.9 Å².